The third kappa shape index (κ3) is 3.81. The Bertz CT molecular complexity index is 577. The summed E-state index contributed by atoms with van der Waals surface area (Å²) >= 11 is 0. The molecule has 0 saturated carbocycles. The molecule has 0 radical (unpaired) electrons. The van der Waals surface area contributed by atoms with Crippen molar-refractivity contribution in [2.75, 3.05) is 26.4 Å². The number of rotatable bonds is 2. The van der Waals surface area contributed by atoms with E-state index in [2.05, 4.69) is 11.8 Å². The molecule has 112 valence electrons. The van der Waals surface area contributed by atoms with Gasteiger partial charge in [-0.3, -0.25) is 4.79 Å². The molecule has 0 spiro atoms. The van der Waals surface area contributed by atoms with Crippen molar-refractivity contribution in [1.29, 1.82) is 0 Å². The van der Waals surface area contributed by atoms with Crippen molar-refractivity contribution in [3.05, 3.63) is 35.1 Å². The molecule has 1 heterocycles. The van der Waals surface area contributed by atoms with Crippen molar-refractivity contribution < 1.29 is 19.0 Å². The highest BCUT2D eigenvalue weighted by Gasteiger charge is 2.26. The van der Waals surface area contributed by atoms with E-state index in [9.17, 15) is 9.18 Å². The van der Waals surface area contributed by atoms with E-state index >= 15 is 0 Å². The van der Waals surface area contributed by atoms with Crippen molar-refractivity contribution >= 4 is 5.91 Å². The highest BCUT2D eigenvalue weighted by atomic mass is 19.1. The largest absolute Gasteiger partial charge is 0.395 e. The van der Waals surface area contributed by atoms with Crippen molar-refractivity contribution in [3.63, 3.8) is 0 Å². The van der Waals surface area contributed by atoms with Crippen LogP contribution in [-0.4, -0.2) is 48.3 Å². The highest BCUT2D eigenvalue weighted by molar-refractivity contribution is 5.94. The molecule has 1 fully saturated rings. The van der Waals surface area contributed by atoms with Gasteiger partial charge in [-0.1, -0.05) is 11.8 Å². The summed E-state index contributed by atoms with van der Waals surface area (Å²) in [5.74, 6) is 4.57. The van der Waals surface area contributed by atoms with Gasteiger partial charge >= 0.3 is 0 Å². The molecule has 0 aromatic heterocycles. The van der Waals surface area contributed by atoms with E-state index in [1.807, 2.05) is 6.92 Å². The van der Waals surface area contributed by atoms with Crippen molar-refractivity contribution in [1.82, 2.24) is 4.90 Å². The Morgan fingerprint density at radius 3 is 3.05 bits per heavy atom. The monoisotopic (exact) mass is 291 g/mol. The number of hydrogen-bond acceptors (Lipinski definition) is 3. The topological polar surface area (TPSA) is 49.8 Å². The first-order chi connectivity index (χ1) is 10.1. The zero-order valence-corrected chi connectivity index (χ0v) is 11.9. The summed E-state index contributed by atoms with van der Waals surface area (Å²) in [5.41, 5.74) is 0.545. The van der Waals surface area contributed by atoms with Crippen LogP contribution in [0.5, 0.6) is 0 Å². The fourth-order valence-corrected chi connectivity index (χ4v) is 2.17. The lowest BCUT2D eigenvalue weighted by molar-refractivity contribution is 0.00335. The molecule has 5 heteroatoms. The van der Waals surface area contributed by atoms with Gasteiger partial charge in [0, 0.05) is 18.5 Å². The van der Waals surface area contributed by atoms with Crippen LogP contribution < -0.4 is 0 Å². The Labute approximate surface area is 123 Å². The molecule has 1 aliphatic heterocycles. The van der Waals surface area contributed by atoms with E-state index in [1.165, 1.54) is 12.1 Å². The second kappa shape index (κ2) is 7.21. The van der Waals surface area contributed by atoms with Crippen LogP contribution in [0.25, 0.3) is 0 Å². The van der Waals surface area contributed by atoms with E-state index < -0.39 is 5.82 Å². The van der Waals surface area contributed by atoms with Gasteiger partial charge in [-0.2, -0.15) is 0 Å². The van der Waals surface area contributed by atoms with Crippen LogP contribution in [0, 0.1) is 17.7 Å². The minimum atomic E-state index is -0.575. The van der Waals surface area contributed by atoms with Gasteiger partial charge in [0.15, 0.2) is 0 Å². The summed E-state index contributed by atoms with van der Waals surface area (Å²) in [6, 6.07) is 4.27. The molecule has 1 aromatic rings. The average molecular weight is 291 g/mol. The van der Waals surface area contributed by atoms with Gasteiger partial charge < -0.3 is 14.7 Å². The molecule has 2 rings (SSSR count). The predicted molar refractivity (Wildman–Crippen MR) is 76.3 cm³/mol. The molecule has 21 heavy (non-hydrogen) atoms. The van der Waals surface area contributed by atoms with Crippen molar-refractivity contribution in [2.24, 2.45) is 0 Å². The van der Waals surface area contributed by atoms with Gasteiger partial charge in [-0.25, -0.2) is 4.39 Å². The fourth-order valence-electron chi connectivity index (χ4n) is 2.17. The van der Waals surface area contributed by atoms with Crippen LogP contribution in [0.15, 0.2) is 18.2 Å². The summed E-state index contributed by atoms with van der Waals surface area (Å²) in [5, 5.41) is 8.65. The summed E-state index contributed by atoms with van der Waals surface area (Å²) in [6.45, 7) is 3.27. The molecular weight excluding hydrogens is 273 g/mol. The summed E-state index contributed by atoms with van der Waals surface area (Å²) in [4.78, 5) is 14.0. The van der Waals surface area contributed by atoms with Gasteiger partial charge in [0.05, 0.1) is 31.4 Å². The summed E-state index contributed by atoms with van der Waals surface area (Å²) in [6.07, 6.45) is 0.341. The average Bonchev–Trinajstić information content (AvgIpc) is 2.47. The Morgan fingerprint density at radius 1 is 1.57 bits per heavy atom. The number of nitrogens with zero attached hydrogens (tertiary/aromatic N) is 1. The van der Waals surface area contributed by atoms with E-state index in [0.29, 0.717) is 31.7 Å². The third-order valence-corrected chi connectivity index (χ3v) is 3.30. The zero-order chi connectivity index (χ0) is 15.2. The number of carbonyl (C=O) groups excluding carboxylic acids is 1. The number of morpholine rings is 1. The van der Waals surface area contributed by atoms with Gasteiger partial charge in [-0.05, 0) is 25.1 Å². The maximum Gasteiger partial charge on any atom is 0.257 e. The Kier molecular flexibility index (Phi) is 5.32. The van der Waals surface area contributed by atoms with E-state index in [4.69, 9.17) is 9.84 Å². The minimum Gasteiger partial charge on any atom is -0.395 e. The maximum atomic E-state index is 14.1. The number of carbonyl (C=O) groups is 1. The quantitative estimate of drug-likeness (QED) is 0.838. The smallest absolute Gasteiger partial charge is 0.257 e. The Morgan fingerprint density at radius 2 is 2.38 bits per heavy atom. The van der Waals surface area contributed by atoms with Crippen LogP contribution in [-0.2, 0) is 4.74 Å². The Hall–Kier alpha value is -1.90. The lowest BCUT2D eigenvalue weighted by Crippen LogP contribution is -2.47. The van der Waals surface area contributed by atoms with Crippen LogP contribution in [0.4, 0.5) is 4.39 Å². The molecule has 1 atom stereocenters. The van der Waals surface area contributed by atoms with E-state index in [-0.39, 0.29) is 24.1 Å². The van der Waals surface area contributed by atoms with Gasteiger partial charge in [0.25, 0.3) is 5.91 Å². The normalized spacial score (nSPS) is 18.0. The van der Waals surface area contributed by atoms with Crippen molar-refractivity contribution in [2.45, 2.75) is 19.4 Å². The van der Waals surface area contributed by atoms with E-state index in [0.717, 1.165) is 0 Å². The predicted octanol–water partition coefficient (Wildman–Crippen LogP) is 1.42. The summed E-state index contributed by atoms with van der Waals surface area (Å²) in [7, 11) is 0. The molecule has 1 aliphatic rings. The third-order valence-electron chi connectivity index (χ3n) is 3.30. The molecule has 1 N–H and O–H groups in total. The van der Waals surface area contributed by atoms with Crippen LogP contribution in [0.2, 0.25) is 0 Å². The maximum absolute atomic E-state index is 14.1. The van der Waals surface area contributed by atoms with Crippen LogP contribution in [0.3, 0.4) is 0 Å². The van der Waals surface area contributed by atoms with Crippen LogP contribution >= 0.6 is 0 Å². The molecule has 0 bridgehead atoms. The molecule has 1 unspecified atom stereocenters. The standard InChI is InChI=1S/C16H18FNO3/c1-12-11-21-9-7-18(12)16(20)14-6-5-13(10-15(14)17)4-2-3-8-19/h5-6,10,12,19H,3,7-9,11H2,1H3. The van der Waals surface area contributed by atoms with E-state index in [1.54, 1.807) is 11.0 Å². The van der Waals surface area contributed by atoms with Crippen molar-refractivity contribution in [3.8, 4) is 11.8 Å². The lowest BCUT2D eigenvalue weighted by Gasteiger charge is -2.33. The number of halogens is 1. The molecule has 1 amide bonds. The van der Waals surface area contributed by atoms with Crippen LogP contribution in [0.1, 0.15) is 29.3 Å². The zero-order valence-electron chi connectivity index (χ0n) is 11.9. The molecular formula is C16H18FNO3. The number of aliphatic hydroxyl groups excluding tert-OH is 1. The number of hydrogen-bond donors (Lipinski definition) is 1. The van der Waals surface area contributed by atoms with Gasteiger partial charge in [0.2, 0.25) is 0 Å². The van der Waals surface area contributed by atoms with Gasteiger partial charge in [0.1, 0.15) is 5.82 Å². The molecule has 0 aliphatic carbocycles. The lowest BCUT2D eigenvalue weighted by atomic mass is 10.1. The van der Waals surface area contributed by atoms with Gasteiger partial charge in [-0.15, -0.1) is 0 Å². The SMILES string of the molecule is CC1COCCN1C(=O)c1ccc(C#CCCO)cc1F. The first-order valence-corrected chi connectivity index (χ1v) is 6.91. The second-order valence-corrected chi connectivity index (χ2v) is 4.89. The number of aliphatic hydroxyl groups is 1. The first-order valence-electron chi connectivity index (χ1n) is 6.91. The molecule has 1 aromatic carbocycles. The first kappa shape index (κ1) is 15.5. The minimum absolute atomic E-state index is 0.0268. The summed E-state index contributed by atoms with van der Waals surface area (Å²) < 4.78 is 19.4. The fraction of sp³-hybridized carbons (Fsp3) is 0.438. The number of benzene rings is 1. The second-order valence-electron chi connectivity index (χ2n) is 4.89. The molecule has 4 nitrogen and oxygen atoms in total. The number of amides is 1. The molecule has 1 saturated heterocycles. The highest BCUT2D eigenvalue weighted by Crippen LogP contribution is 2.16. The Balaban J connectivity index is 2.17. The number of ether oxygens (including phenoxy) is 1.